The lowest BCUT2D eigenvalue weighted by molar-refractivity contribution is -0.111. The van der Waals surface area contributed by atoms with Crippen molar-refractivity contribution in [3.63, 3.8) is 0 Å². The fourth-order valence-electron chi connectivity index (χ4n) is 5.75. The Hall–Kier alpha value is -4.91. The van der Waals surface area contributed by atoms with Crippen molar-refractivity contribution in [2.75, 3.05) is 56.2 Å². The second-order valence-electron chi connectivity index (χ2n) is 12.5. The van der Waals surface area contributed by atoms with Gasteiger partial charge in [0, 0.05) is 73.1 Å². The van der Waals surface area contributed by atoms with Gasteiger partial charge in [0.15, 0.2) is 5.65 Å². The summed E-state index contributed by atoms with van der Waals surface area (Å²) in [6.45, 7) is 7.30. The van der Waals surface area contributed by atoms with E-state index in [1.165, 1.54) is 0 Å². The highest BCUT2D eigenvalue weighted by atomic mass is 16.3. The van der Waals surface area contributed by atoms with Crippen molar-refractivity contribution in [3.05, 3.63) is 84.2 Å². The number of nitrogens with zero attached hydrogens (tertiary/aromatic N) is 6. The predicted octanol–water partition coefficient (Wildman–Crippen LogP) is 4.12. The summed E-state index contributed by atoms with van der Waals surface area (Å²) >= 11 is 0. The van der Waals surface area contributed by atoms with E-state index >= 15 is 0 Å². The van der Waals surface area contributed by atoms with Gasteiger partial charge in [0.05, 0.1) is 18.0 Å². The van der Waals surface area contributed by atoms with Crippen molar-refractivity contribution in [3.8, 4) is 11.3 Å². The van der Waals surface area contributed by atoms with Gasteiger partial charge < -0.3 is 31.3 Å². The molecule has 2 aromatic carbocycles. The summed E-state index contributed by atoms with van der Waals surface area (Å²) in [6.07, 6.45) is 6.64. The number of pyridine rings is 1. The maximum atomic E-state index is 12.4. The van der Waals surface area contributed by atoms with Crippen LogP contribution in [0.4, 0.5) is 17.6 Å². The van der Waals surface area contributed by atoms with E-state index < -0.39 is 6.10 Å². The molecule has 0 aliphatic carbocycles. The predicted molar refractivity (Wildman–Crippen MR) is 187 cm³/mol. The number of β-amino-alcohol motifs (C(OH)–C–C–N with tert-alkyl or cyclic N) is 1. The second kappa shape index (κ2) is 14.2. The van der Waals surface area contributed by atoms with E-state index in [0.717, 1.165) is 51.0 Å². The van der Waals surface area contributed by atoms with Crippen LogP contribution in [0.2, 0.25) is 0 Å². The van der Waals surface area contributed by atoms with Gasteiger partial charge in [-0.15, -0.1) is 0 Å². The molecule has 1 aliphatic rings. The molecular formula is C35H42N10O2. The number of carbonyl (C=O) groups is 1. The zero-order valence-electron chi connectivity index (χ0n) is 27.2. The number of anilines is 3. The van der Waals surface area contributed by atoms with Crippen LogP contribution in [0.5, 0.6) is 0 Å². The highest BCUT2D eigenvalue weighted by Gasteiger charge is 2.25. The van der Waals surface area contributed by atoms with Crippen LogP contribution in [0.3, 0.4) is 0 Å². The summed E-state index contributed by atoms with van der Waals surface area (Å²) in [5.74, 6) is 1.20. The zero-order chi connectivity index (χ0) is 32.9. The number of amides is 1. The minimum atomic E-state index is -0.398. The number of aliphatic hydroxyl groups is 1. The molecule has 3 aromatic heterocycles. The normalized spacial score (nSPS) is 16.6. The number of aliphatic hydroxyl groups excluding tert-OH is 1. The third kappa shape index (κ3) is 7.40. The monoisotopic (exact) mass is 634 g/mol. The van der Waals surface area contributed by atoms with Gasteiger partial charge in [-0.1, -0.05) is 50.3 Å². The quantitative estimate of drug-likeness (QED) is 0.127. The molecule has 4 heterocycles. The molecule has 1 saturated heterocycles. The number of likely N-dealkylation sites (N-methyl/N-ethyl adjacent to an activating group) is 1. The van der Waals surface area contributed by atoms with E-state index in [4.69, 9.17) is 15.0 Å². The number of benzene rings is 2. The van der Waals surface area contributed by atoms with Gasteiger partial charge >= 0.3 is 0 Å². The van der Waals surface area contributed by atoms with Gasteiger partial charge in [0.2, 0.25) is 17.8 Å². The molecule has 0 radical (unpaired) electrons. The van der Waals surface area contributed by atoms with E-state index in [1.807, 2.05) is 67.7 Å². The van der Waals surface area contributed by atoms with Gasteiger partial charge in [-0.25, -0.2) is 0 Å². The summed E-state index contributed by atoms with van der Waals surface area (Å²) in [5.41, 5.74) is 5.37. The lowest BCUT2D eigenvalue weighted by atomic mass is 9.99. The van der Waals surface area contributed by atoms with E-state index in [2.05, 4.69) is 52.3 Å². The summed E-state index contributed by atoms with van der Waals surface area (Å²) in [4.78, 5) is 28.8. The molecule has 0 unspecified atom stereocenters. The number of rotatable bonds is 12. The Morgan fingerprint density at radius 2 is 1.98 bits per heavy atom. The van der Waals surface area contributed by atoms with Crippen LogP contribution >= 0.6 is 0 Å². The third-order valence-electron chi connectivity index (χ3n) is 8.33. The Bertz CT molecular complexity index is 1900. The average Bonchev–Trinajstić information content (AvgIpc) is 3.68. The van der Waals surface area contributed by atoms with E-state index in [1.54, 1.807) is 16.8 Å². The van der Waals surface area contributed by atoms with Crippen molar-refractivity contribution in [2.24, 2.45) is 5.92 Å². The van der Waals surface area contributed by atoms with Crippen LogP contribution in [-0.4, -0.2) is 86.9 Å². The molecular weight excluding hydrogens is 592 g/mol. The van der Waals surface area contributed by atoms with Gasteiger partial charge in [0.25, 0.3) is 0 Å². The second-order valence-corrected chi connectivity index (χ2v) is 12.5. The Morgan fingerprint density at radius 3 is 2.77 bits per heavy atom. The number of hydrogen-bond acceptors (Lipinski definition) is 10. The molecule has 0 bridgehead atoms. The standard InChI is InChI=1S/C35H42N10O2/c1-22(2)29-20-40-45-33(29)42-34(38-19-25-17-36-21-30(25)46)43-35(45)39-18-24-8-5-6-9-27(24)32-28-12-11-26(16-23(28)13-14-37-32)41-31(47)10-7-15-44(3)4/h5-14,16,20,22,25,30,36,46H,15,17-19,21H2,1-4H3,(H,41,47)(H2,38,39,42,43)/b10-7+/t25-,30+/m1/s1. The molecule has 1 aliphatic heterocycles. The van der Waals surface area contributed by atoms with Crippen molar-refractivity contribution >= 4 is 39.9 Å². The topological polar surface area (TPSA) is 145 Å². The molecule has 1 amide bonds. The molecule has 12 heteroatoms. The Kier molecular flexibility index (Phi) is 9.71. The maximum absolute atomic E-state index is 12.4. The fraction of sp³-hybridized carbons (Fsp3) is 0.343. The Labute approximate surface area is 274 Å². The minimum absolute atomic E-state index is 0.0815. The van der Waals surface area contributed by atoms with Crippen molar-refractivity contribution in [1.29, 1.82) is 0 Å². The number of hydrogen-bond donors (Lipinski definition) is 5. The Balaban J connectivity index is 1.25. The molecule has 5 aromatic rings. The molecule has 5 N–H and O–H groups in total. The first-order chi connectivity index (χ1) is 22.8. The lowest BCUT2D eigenvalue weighted by Gasteiger charge is -2.16. The minimum Gasteiger partial charge on any atom is -0.391 e. The Morgan fingerprint density at radius 1 is 1.13 bits per heavy atom. The van der Waals surface area contributed by atoms with Crippen LogP contribution < -0.4 is 21.3 Å². The summed E-state index contributed by atoms with van der Waals surface area (Å²) in [6, 6.07) is 16.0. The zero-order valence-corrected chi connectivity index (χ0v) is 27.2. The first kappa shape index (κ1) is 32.0. The van der Waals surface area contributed by atoms with Crippen LogP contribution in [0.1, 0.15) is 30.9 Å². The van der Waals surface area contributed by atoms with Crippen LogP contribution in [0.25, 0.3) is 27.7 Å². The lowest BCUT2D eigenvalue weighted by Crippen LogP contribution is -2.26. The van der Waals surface area contributed by atoms with Crippen LogP contribution in [0.15, 0.2) is 73.1 Å². The fourth-order valence-corrected chi connectivity index (χ4v) is 5.75. The number of fused-ring (bicyclic) bond motifs is 2. The van der Waals surface area contributed by atoms with E-state index in [-0.39, 0.29) is 17.7 Å². The molecule has 244 valence electrons. The molecule has 6 rings (SSSR count). The molecule has 2 atom stereocenters. The van der Waals surface area contributed by atoms with E-state index in [0.29, 0.717) is 38.1 Å². The number of carbonyl (C=O) groups excluding carboxylic acids is 1. The van der Waals surface area contributed by atoms with Gasteiger partial charge in [-0.2, -0.15) is 19.6 Å². The molecule has 0 saturated carbocycles. The molecule has 47 heavy (non-hydrogen) atoms. The van der Waals surface area contributed by atoms with Crippen molar-refractivity contribution in [2.45, 2.75) is 32.4 Å². The van der Waals surface area contributed by atoms with Gasteiger partial charge in [-0.3, -0.25) is 9.78 Å². The summed E-state index contributed by atoms with van der Waals surface area (Å²) < 4.78 is 1.75. The maximum Gasteiger partial charge on any atom is 0.248 e. The van der Waals surface area contributed by atoms with Gasteiger partial charge in [0.1, 0.15) is 0 Å². The van der Waals surface area contributed by atoms with Crippen molar-refractivity contribution in [1.82, 2.24) is 34.8 Å². The first-order valence-corrected chi connectivity index (χ1v) is 16.0. The molecule has 12 nitrogen and oxygen atoms in total. The highest BCUT2D eigenvalue weighted by molar-refractivity contribution is 6.02. The average molecular weight is 635 g/mol. The van der Waals surface area contributed by atoms with Crippen LogP contribution in [-0.2, 0) is 11.3 Å². The summed E-state index contributed by atoms with van der Waals surface area (Å²) in [7, 11) is 3.92. The van der Waals surface area contributed by atoms with Gasteiger partial charge in [-0.05, 0) is 49.2 Å². The van der Waals surface area contributed by atoms with Crippen LogP contribution in [0, 0.1) is 5.92 Å². The molecule has 0 spiro atoms. The number of nitrogens with one attached hydrogen (secondary N) is 4. The smallest absolute Gasteiger partial charge is 0.248 e. The number of aromatic nitrogens is 5. The first-order valence-electron chi connectivity index (χ1n) is 16.0. The largest absolute Gasteiger partial charge is 0.391 e. The third-order valence-corrected chi connectivity index (χ3v) is 8.33. The molecule has 1 fully saturated rings. The van der Waals surface area contributed by atoms with Crippen molar-refractivity contribution < 1.29 is 9.90 Å². The SMILES string of the molecule is CC(C)c1cnn2c(NCc3ccccc3-c3nccc4cc(NC(=O)/C=C/CN(C)C)ccc34)nc(NC[C@H]3CNC[C@@H]3O)nc12. The summed E-state index contributed by atoms with van der Waals surface area (Å²) in [5, 5.41) is 29.9. The van der Waals surface area contributed by atoms with E-state index in [9.17, 15) is 9.90 Å². The highest BCUT2D eigenvalue weighted by Crippen LogP contribution is 2.31.